The Kier molecular flexibility index (Phi) is 6.01. The average molecular weight is 388 g/mol. The van der Waals surface area contributed by atoms with Crippen LogP contribution in [0.1, 0.15) is 18.9 Å². The second kappa shape index (κ2) is 8.43. The fourth-order valence-corrected chi connectivity index (χ4v) is 3.95. The van der Waals surface area contributed by atoms with Gasteiger partial charge in [-0.25, -0.2) is 4.98 Å². The number of rotatable bonds is 8. The molecule has 1 heterocycles. The van der Waals surface area contributed by atoms with Crippen molar-refractivity contribution in [3.63, 3.8) is 0 Å². The van der Waals surface area contributed by atoms with Crippen LogP contribution < -0.4 is 14.4 Å². The molecule has 0 aliphatic carbocycles. The number of imidazole rings is 1. The fourth-order valence-electron chi connectivity index (χ4n) is 2.87. The van der Waals surface area contributed by atoms with Crippen LogP contribution in [0, 0.1) is 0 Å². The van der Waals surface area contributed by atoms with E-state index in [0.717, 1.165) is 23.2 Å². The van der Waals surface area contributed by atoms with Crippen LogP contribution in [0.2, 0.25) is 0 Å². The highest BCUT2D eigenvalue weighted by Gasteiger charge is 2.16. The van der Waals surface area contributed by atoms with Crippen LogP contribution >= 0.6 is 0 Å². The zero-order valence-corrected chi connectivity index (χ0v) is 16.9. The van der Waals surface area contributed by atoms with E-state index in [9.17, 15) is 4.21 Å². The van der Waals surface area contributed by atoms with Crippen LogP contribution in [-0.2, 0) is 16.6 Å². The van der Waals surface area contributed by atoms with Crippen molar-refractivity contribution < 1.29 is 13.7 Å². The quantitative estimate of drug-likeness (QED) is 0.638. The molecule has 2 aromatic carbocycles. The second-order valence-electron chi connectivity index (χ2n) is 6.42. The number of ether oxygens (including phenoxy) is 2. The molecule has 0 aliphatic rings. The van der Waals surface area contributed by atoms with E-state index in [1.807, 2.05) is 62.3 Å². The highest BCUT2D eigenvalue weighted by atomic mass is 32.2. The van der Waals surface area contributed by atoms with E-state index in [-0.39, 0.29) is 0 Å². The molecule has 1 atom stereocenters. The molecule has 0 radical (unpaired) electrons. The van der Waals surface area contributed by atoms with Crippen molar-refractivity contribution in [1.29, 1.82) is 0 Å². The Labute approximate surface area is 162 Å². The molecule has 3 aromatic rings. The first kappa shape index (κ1) is 19.2. The lowest BCUT2D eigenvalue weighted by Crippen LogP contribution is -2.12. The minimum Gasteiger partial charge on any atom is -0.493 e. The molecule has 6 nitrogen and oxygen atoms in total. The first-order valence-electron chi connectivity index (χ1n) is 8.87. The molecule has 0 amide bonds. The van der Waals surface area contributed by atoms with E-state index in [4.69, 9.17) is 9.47 Å². The van der Waals surface area contributed by atoms with Gasteiger partial charge >= 0.3 is 0 Å². The van der Waals surface area contributed by atoms with Crippen molar-refractivity contribution in [1.82, 2.24) is 9.97 Å². The topological polar surface area (TPSA) is 67.5 Å². The Morgan fingerprint density at radius 3 is 2.67 bits per heavy atom. The van der Waals surface area contributed by atoms with Gasteiger partial charge < -0.3 is 19.4 Å². The summed E-state index contributed by atoms with van der Waals surface area (Å²) in [6, 6.07) is 11.6. The number of aromatic nitrogens is 2. The summed E-state index contributed by atoms with van der Waals surface area (Å²) in [4.78, 5) is 9.70. The number of nitrogens with one attached hydrogen (secondary N) is 1. The maximum Gasteiger partial charge on any atom is 0.197 e. The third kappa shape index (κ3) is 4.24. The number of hydrogen-bond donors (Lipinski definition) is 1. The molecular weight excluding hydrogens is 362 g/mol. The Balaban J connectivity index is 1.89. The molecule has 144 valence electrons. The summed E-state index contributed by atoms with van der Waals surface area (Å²) in [5.74, 6) is 1.67. The lowest BCUT2D eigenvalue weighted by molar-refractivity contribution is 0.295. The van der Waals surface area contributed by atoms with Gasteiger partial charge in [-0.15, -0.1) is 0 Å². The minimum absolute atomic E-state index is 0.393. The van der Waals surface area contributed by atoms with Crippen molar-refractivity contribution in [3.8, 4) is 11.5 Å². The van der Waals surface area contributed by atoms with E-state index in [2.05, 4.69) is 9.97 Å². The summed E-state index contributed by atoms with van der Waals surface area (Å²) in [7, 11) is 4.27. The van der Waals surface area contributed by atoms with Crippen LogP contribution in [0.5, 0.6) is 11.5 Å². The molecule has 0 aliphatic heterocycles. The molecule has 0 saturated carbocycles. The van der Waals surface area contributed by atoms with Gasteiger partial charge in [0.15, 0.2) is 16.7 Å². The van der Waals surface area contributed by atoms with Crippen molar-refractivity contribution in [3.05, 3.63) is 42.0 Å². The van der Waals surface area contributed by atoms with E-state index in [1.165, 1.54) is 0 Å². The van der Waals surface area contributed by atoms with Crippen molar-refractivity contribution in [2.45, 2.75) is 24.3 Å². The highest BCUT2D eigenvalue weighted by molar-refractivity contribution is 7.84. The first-order valence-corrected chi connectivity index (χ1v) is 10.2. The predicted molar refractivity (Wildman–Crippen MR) is 109 cm³/mol. The van der Waals surface area contributed by atoms with Crippen molar-refractivity contribution in [2.24, 2.45) is 0 Å². The van der Waals surface area contributed by atoms with E-state index in [0.29, 0.717) is 34.5 Å². The van der Waals surface area contributed by atoms with Crippen LogP contribution in [0.4, 0.5) is 5.69 Å². The molecular formula is C20H25N3O3S. The maximum absolute atomic E-state index is 12.9. The third-order valence-electron chi connectivity index (χ3n) is 4.18. The first-order chi connectivity index (χ1) is 13.0. The summed E-state index contributed by atoms with van der Waals surface area (Å²) in [5, 5.41) is 0.452. The van der Waals surface area contributed by atoms with Gasteiger partial charge in [-0.2, -0.15) is 0 Å². The Bertz CT molecular complexity index is 953. The molecule has 0 spiro atoms. The normalized spacial score (nSPS) is 12.1. The molecule has 27 heavy (non-hydrogen) atoms. The Morgan fingerprint density at radius 2 is 1.96 bits per heavy atom. The zero-order valence-electron chi connectivity index (χ0n) is 16.1. The summed E-state index contributed by atoms with van der Waals surface area (Å²) in [5.41, 5.74) is 3.57. The number of aromatic amines is 1. The molecule has 1 N–H and O–H groups in total. The number of anilines is 1. The van der Waals surface area contributed by atoms with E-state index >= 15 is 0 Å². The van der Waals surface area contributed by atoms with Crippen LogP contribution in [0.25, 0.3) is 11.0 Å². The Morgan fingerprint density at radius 1 is 1.19 bits per heavy atom. The summed E-state index contributed by atoms with van der Waals surface area (Å²) in [6.45, 7) is 2.66. The monoisotopic (exact) mass is 387 g/mol. The van der Waals surface area contributed by atoms with Gasteiger partial charge in [0.05, 0.1) is 41.3 Å². The van der Waals surface area contributed by atoms with Gasteiger partial charge in [-0.3, -0.25) is 4.21 Å². The SMILES string of the molecule is CCCOc1cc2[nH]c(S(=O)Cc3ccccc3N(C)C)nc2cc1OC. The molecule has 1 unspecified atom stereocenters. The highest BCUT2D eigenvalue weighted by Crippen LogP contribution is 2.32. The standard InChI is InChI=1S/C20H25N3O3S/c1-5-10-26-19-12-16-15(11-18(19)25-4)21-20(22-16)27(24)13-14-8-6-7-9-17(14)23(2)3/h6-9,11-12H,5,10,13H2,1-4H3,(H,21,22). The number of methoxy groups -OCH3 is 1. The maximum atomic E-state index is 12.9. The van der Waals surface area contributed by atoms with E-state index < -0.39 is 10.8 Å². The molecule has 7 heteroatoms. The molecule has 0 fully saturated rings. The van der Waals surface area contributed by atoms with E-state index in [1.54, 1.807) is 7.11 Å². The summed E-state index contributed by atoms with van der Waals surface area (Å²) >= 11 is 0. The zero-order chi connectivity index (χ0) is 19.4. The van der Waals surface area contributed by atoms with Gasteiger partial charge in [0.1, 0.15) is 0 Å². The van der Waals surface area contributed by atoms with Gasteiger partial charge in [-0.1, -0.05) is 25.1 Å². The number of benzene rings is 2. The van der Waals surface area contributed by atoms with Gasteiger partial charge in [0.25, 0.3) is 0 Å². The average Bonchev–Trinajstić information content (AvgIpc) is 3.08. The third-order valence-corrected chi connectivity index (χ3v) is 5.38. The van der Waals surface area contributed by atoms with Crippen LogP contribution in [0.3, 0.4) is 0 Å². The number of para-hydroxylation sites is 1. The number of nitrogens with zero attached hydrogens (tertiary/aromatic N) is 2. The Hall–Kier alpha value is -2.54. The lowest BCUT2D eigenvalue weighted by Gasteiger charge is -2.16. The number of hydrogen-bond acceptors (Lipinski definition) is 5. The minimum atomic E-state index is -1.29. The fraction of sp³-hybridized carbons (Fsp3) is 0.350. The van der Waals surface area contributed by atoms with Crippen molar-refractivity contribution in [2.75, 3.05) is 32.7 Å². The number of H-pyrrole nitrogens is 1. The molecule has 0 saturated heterocycles. The predicted octanol–water partition coefficient (Wildman–Crippen LogP) is 3.73. The summed E-state index contributed by atoms with van der Waals surface area (Å²) in [6.07, 6.45) is 0.907. The lowest BCUT2D eigenvalue weighted by atomic mass is 10.2. The molecule has 1 aromatic heterocycles. The molecule has 0 bridgehead atoms. The van der Waals surface area contributed by atoms with Gasteiger partial charge in [0, 0.05) is 31.9 Å². The summed E-state index contributed by atoms with van der Waals surface area (Å²) < 4.78 is 24.0. The smallest absolute Gasteiger partial charge is 0.197 e. The molecule has 3 rings (SSSR count). The van der Waals surface area contributed by atoms with Gasteiger partial charge in [0.2, 0.25) is 0 Å². The van der Waals surface area contributed by atoms with Crippen molar-refractivity contribution >= 4 is 27.5 Å². The number of fused-ring (bicyclic) bond motifs is 1. The second-order valence-corrected chi connectivity index (χ2v) is 7.79. The largest absolute Gasteiger partial charge is 0.493 e. The van der Waals surface area contributed by atoms with Gasteiger partial charge in [-0.05, 0) is 18.1 Å². The van der Waals surface area contributed by atoms with Crippen LogP contribution in [-0.4, -0.2) is 42.0 Å². The van der Waals surface area contributed by atoms with Crippen LogP contribution in [0.15, 0.2) is 41.6 Å².